The van der Waals surface area contributed by atoms with Crippen LogP contribution >= 0.6 is 7.14 Å². The van der Waals surface area contributed by atoms with Crippen LogP contribution in [0, 0.1) is 12.7 Å². The zero-order valence-electron chi connectivity index (χ0n) is 25.0. The molecule has 0 bridgehead atoms. The van der Waals surface area contributed by atoms with E-state index in [2.05, 4.69) is 20.3 Å². The van der Waals surface area contributed by atoms with E-state index >= 15 is 13.2 Å². The van der Waals surface area contributed by atoms with E-state index in [4.69, 9.17) is 4.43 Å². The van der Waals surface area contributed by atoms with Gasteiger partial charge in [-0.3, -0.25) is 4.98 Å². The molecule has 2 heterocycles. The number of hydrogen-bond donors (Lipinski definition) is 1. The molecule has 0 spiro atoms. The van der Waals surface area contributed by atoms with E-state index in [0.717, 1.165) is 6.07 Å². The molecule has 0 saturated carbocycles. The quantitative estimate of drug-likeness (QED) is 0.168. The molecule has 0 fully saturated rings. The van der Waals surface area contributed by atoms with Gasteiger partial charge < -0.3 is 14.3 Å². The number of pyridine rings is 1. The molecule has 1 N–H and O–H groups in total. The third-order valence-electron chi connectivity index (χ3n) is 8.11. The second-order valence-corrected chi connectivity index (χ2v) is 19.1. The van der Waals surface area contributed by atoms with Crippen LogP contribution in [0.15, 0.2) is 30.5 Å². The minimum atomic E-state index is -3.58. The molecule has 0 saturated heterocycles. The maximum atomic E-state index is 16.0. The van der Waals surface area contributed by atoms with E-state index in [1.807, 2.05) is 27.7 Å². The molecule has 0 aliphatic carbocycles. The van der Waals surface area contributed by atoms with Crippen LogP contribution in [0.4, 0.5) is 19.0 Å². The van der Waals surface area contributed by atoms with Crippen molar-refractivity contribution in [2.75, 3.05) is 18.1 Å². The molecular formula is C29H42F3N4O2PSi. The van der Waals surface area contributed by atoms with Crippen molar-refractivity contribution in [1.29, 1.82) is 0 Å². The molecular weight excluding hydrogens is 552 g/mol. The Hall–Kier alpha value is -2.29. The van der Waals surface area contributed by atoms with Crippen LogP contribution in [0.2, 0.25) is 18.1 Å². The second kappa shape index (κ2) is 11.9. The number of nitrogens with one attached hydrogen (secondary N) is 1. The topological polar surface area (TPSA) is 77.0 Å². The van der Waals surface area contributed by atoms with Crippen LogP contribution in [0.1, 0.15) is 71.5 Å². The molecule has 11 heteroatoms. The van der Waals surface area contributed by atoms with E-state index < -0.39 is 44.4 Å². The summed E-state index contributed by atoms with van der Waals surface area (Å²) in [4.78, 5) is 13.3. The van der Waals surface area contributed by atoms with Gasteiger partial charge >= 0.3 is 5.92 Å². The lowest BCUT2D eigenvalue weighted by atomic mass is 9.91. The lowest BCUT2D eigenvalue weighted by Gasteiger charge is -2.42. The monoisotopic (exact) mass is 594 g/mol. The van der Waals surface area contributed by atoms with Crippen LogP contribution in [-0.2, 0) is 14.9 Å². The van der Waals surface area contributed by atoms with E-state index in [0.29, 0.717) is 52.3 Å². The van der Waals surface area contributed by atoms with Gasteiger partial charge in [-0.05, 0) is 64.6 Å². The maximum absolute atomic E-state index is 16.0. The Balaban J connectivity index is 2.03. The average molecular weight is 595 g/mol. The Morgan fingerprint density at radius 1 is 1.10 bits per heavy atom. The lowest BCUT2D eigenvalue weighted by Crippen LogP contribution is -2.52. The Kier molecular flexibility index (Phi) is 9.59. The number of alkyl halides is 2. The highest BCUT2D eigenvalue weighted by molar-refractivity contribution is 7.70. The Morgan fingerprint density at radius 3 is 2.30 bits per heavy atom. The van der Waals surface area contributed by atoms with Gasteiger partial charge in [-0.15, -0.1) is 0 Å². The molecule has 0 aliphatic rings. The van der Waals surface area contributed by atoms with Crippen molar-refractivity contribution in [2.45, 2.75) is 91.1 Å². The molecule has 2 atom stereocenters. The van der Waals surface area contributed by atoms with Gasteiger partial charge in [-0.1, -0.05) is 39.8 Å². The summed E-state index contributed by atoms with van der Waals surface area (Å²) in [7, 11) is -5.08. The summed E-state index contributed by atoms with van der Waals surface area (Å²) >= 11 is 0. The first-order valence-electron chi connectivity index (χ1n) is 13.9. The molecule has 3 aromatic rings. The predicted molar refractivity (Wildman–Crippen MR) is 160 cm³/mol. The van der Waals surface area contributed by atoms with E-state index in [1.165, 1.54) is 26.0 Å². The minimum absolute atomic E-state index is 0.0753. The Morgan fingerprint density at radius 2 is 1.73 bits per heavy atom. The fourth-order valence-corrected chi connectivity index (χ4v) is 9.15. The molecule has 0 aliphatic heterocycles. The van der Waals surface area contributed by atoms with Crippen molar-refractivity contribution >= 4 is 37.6 Å². The van der Waals surface area contributed by atoms with Crippen LogP contribution in [0.3, 0.4) is 0 Å². The molecule has 220 valence electrons. The van der Waals surface area contributed by atoms with Crippen LogP contribution in [0.25, 0.3) is 10.9 Å². The summed E-state index contributed by atoms with van der Waals surface area (Å²) in [6, 6.07) is 7.16. The van der Waals surface area contributed by atoms with Gasteiger partial charge in [0.15, 0.2) is 8.32 Å². The third-order valence-corrected chi connectivity index (χ3v) is 15.3. The van der Waals surface area contributed by atoms with Gasteiger partial charge in [0, 0.05) is 17.1 Å². The number of hydrogen-bond acceptors (Lipinski definition) is 6. The van der Waals surface area contributed by atoms with Crippen molar-refractivity contribution in [3.05, 3.63) is 53.2 Å². The molecule has 40 heavy (non-hydrogen) atoms. The molecule has 3 rings (SSSR count). The summed E-state index contributed by atoms with van der Waals surface area (Å²) in [5, 5.41) is 3.76. The number of aromatic nitrogens is 3. The fraction of sp³-hybridized carbons (Fsp3) is 0.552. The number of nitrogens with zero attached hydrogens (tertiary/aromatic N) is 3. The van der Waals surface area contributed by atoms with Gasteiger partial charge in [-0.2, -0.15) is 8.78 Å². The SMILES string of the molecule is CC[Si](CC)(CC)OC(C)(C)C(F)(F)c1cccc([C@@H](C)Nc2nc(C)nc3cnc(P(C)(=O)CC)cc23)c1F. The van der Waals surface area contributed by atoms with E-state index in [1.54, 1.807) is 32.8 Å². The van der Waals surface area contributed by atoms with Crippen LogP contribution < -0.4 is 10.8 Å². The number of aryl methyl sites for hydroxylation is 1. The van der Waals surface area contributed by atoms with E-state index in [-0.39, 0.29) is 5.56 Å². The number of anilines is 1. The largest absolute Gasteiger partial charge is 0.405 e. The number of halogens is 3. The number of rotatable bonds is 12. The maximum Gasteiger partial charge on any atom is 0.302 e. The van der Waals surface area contributed by atoms with Crippen LogP contribution in [-0.4, -0.2) is 41.7 Å². The summed E-state index contributed by atoms with van der Waals surface area (Å²) in [5.74, 6) is -3.71. The summed E-state index contributed by atoms with van der Waals surface area (Å²) in [6.45, 7) is 15.5. The number of fused-ring (bicyclic) bond motifs is 1. The fourth-order valence-electron chi connectivity index (χ4n) is 4.97. The first-order chi connectivity index (χ1) is 18.6. The molecule has 1 aromatic carbocycles. The standard InChI is InChI=1S/C29H42F3N4O2PSi/c1-10-39(9,37)25-17-22-24(18-33-25)35-20(6)36-27(22)34-19(5)21-15-14-16-23(26(21)30)29(31,32)28(7,8)38-40(11-2,12-3)13-4/h14-19H,10-13H2,1-9H3,(H,34,35,36)/t19-,39?/m1/s1. The third kappa shape index (κ3) is 6.14. The Bertz CT molecular complexity index is 1410. The predicted octanol–water partition coefficient (Wildman–Crippen LogP) is 8.18. The van der Waals surface area contributed by atoms with Gasteiger partial charge in [0.1, 0.15) is 35.6 Å². The van der Waals surface area contributed by atoms with Crippen molar-refractivity contribution in [3.8, 4) is 0 Å². The van der Waals surface area contributed by atoms with Gasteiger partial charge in [0.2, 0.25) is 0 Å². The Labute approximate surface area is 237 Å². The highest BCUT2D eigenvalue weighted by Gasteiger charge is 2.54. The van der Waals surface area contributed by atoms with Crippen LogP contribution in [0.5, 0.6) is 0 Å². The molecule has 1 unspecified atom stereocenters. The first kappa shape index (κ1) is 32.2. The van der Waals surface area contributed by atoms with Gasteiger partial charge in [0.05, 0.1) is 23.3 Å². The van der Waals surface area contributed by atoms with Gasteiger partial charge in [0.25, 0.3) is 0 Å². The normalized spacial score (nSPS) is 15.2. The average Bonchev–Trinajstić information content (AvgIpc) is 2.91. The van der Waals surface area contributed by atoms with E-state index in [9.17, 15) is 4.57 Å². The van der Waals surface area contributed by atoms with Crippen molar-refractivity contribution in [2.24, 2.45) is 0 Å². The smallest absolute Gasteiger partial charge is 0.302 e. The zero-order valence-corrected chi connectivity index (χ0v) is 26.9. The summed E-state index contributed by atoms with van der Waals surface area (Å²) < 4.78 is 67.2. The van der Waals surface area contributed by atoms with Gasteiger partial charge in [-0.25, -0.2) is 14.4 Å². The number of benzene rings is 1. The zero-order chi connectivity index (χ0) is 30.1. The van der Waals surface area contributed by atoms with Crippen molar-refractivity contribution in [3.63, 3.8) is 0 Å². The van der Waals surface area contributed by atoms with Crippen molar-refractivity contribution in [1.82, 2.24) is 15.0 Å². The second-order valence-electron chi connectivity index (χ2n) is 11.1. The first-order valence-corrected chi connectivity index (χ1v) is 18.8. The molecule has 0 amide bonds. The summed E-state index contributed by atoms with van der Waals surface area (Å²) in [6.07, 6.45) is 2.00. The minimum Gasteiger partial charge on any atom is -0.405 e. The molecule has 0 radical (unpaired) electrons. The summed E-state index contributed by atoms with van der Waals surface area (Å²) in [5.41, 5.74) is -1.52. The lowest BCUT2D eigenvalue weighted by molar-refractivity contribution is -0.161. The molecule has 2 aromatic heterocycles. The molecule has 6 nitrogen and oxygen atoms in total. The van der Waals surface area contributed by atoms with Crippen molar-refractivity contribution < 1.29 is 22.2 Å². The highest BCUT2D eigenvalue weighted by atomic mass is 31.2. The highest BCUT2D eigenvalue weighted by Crippen LogP contribution is 2.46.